The molecule has 0 saturated carbocycles. The average Bonchev–Trinajstić information content (AvgIpc) is 2.94. The van der Waals surface area contributed by atoms with Crippen LogP contribution >= 0.6 is 11.8 Å². The molecule has 130 valence electrons. The first kappa shape index (κ1) is 16.9. The average molecular weight is 353 g/mol. The van der Waals surface area contributed by atoms with Gasteiger partial charge in [-0.25, -0.2) is 9.18 Å². The topological polar surface area (TPSA) is 61.9 Å². The molecule has 2 fully saturated rings. The Kier molecular flexibility index (Phi) is 5.13. The van der Waals surface area contributed by atoms with Crippen molar-refractivity contribution in [3.63, 3.8) is 0 Å². The Morgan fingerprint density at radius 2 is 2.17 bits per heavy atom. The molecule has 0 bridgehead atoms. The van der Waals surface area contributed by atoms with E-state index in [1.807, 2.05) is 16.7 Å². The SMILES string of the molecule is CC(=O)NC[C@H]1CN(c2ccc(N3CCSCC3)c(F)c2)C(=O)O1. The fourth-order valence-electron chi connectivity index (χ4n) is 2.82. The van der Waals surface area contributed by atoms with E-state index in [1.165, 1.54) is 17.9 Å². The summed E-state index contributed by atoms with van der Waals surface area (Å²) >= 11 is 1.87. The van der Waals surface area contributed by atoms with Crippen LogP contribution in [-0.2, 0) is 9.53 Å². The van der Waals surface area contributed by atoms with Gasteiger partial charge in [-0.1, -0.05) is 0 Å². The zero-order valence-corrected chi connectivity index (χ0v) is 14.3. The molecule has 1 aromatic rings. The van der Waals surface area contributed by atoms with Crippen molar-refractivity contribution < 1.29 is 18.7 Å². The predicted molar refractivity (Wildman–Crippen MR) is 92.2 cm³/mol. The number of rotatable bonds is 4. The molecule has 2 aliphatic rings. The van der Waals surface area contributed by atoms with Crippen molar-refractivity contribution in [1.82, 2.24) is 5.32 Å². The van der Waals surface area contributed by atoms with Gasteiger partial charge in [-0.2, -0.15) is 11.8 Å². The third-order valence-corrected chi connectivity index (χ3v) is 4.99. The van der Waals surface area contributed by atoms with Gasteiger partial charge >= 0.3 is 6.09 Å². The number of hydrogen-bond donors (Lipinski definition) is 1. The van der Waals surface area contributed by atoms with Crippen LogP contribution < -0.4 is 15.1 Å². The first-order chi connectivity index (χ1) is 11.5. The van der Waals surface area contributed by atoms with E-state index in [0.717, 1.165) is 24.6 Å². The Morgan fingerprint density at radius 1 is 1.42 bits per heavy atom. The van der Waals surface area contributed by atoms with E-state index in [9.17, 15) is 14.0 Å². The van der Waals surface area contributed by atoms with Crippen molar-refractivity contribution in [2.75, 3.05) is 47.5 Å². The fraction of sp³-hybridized carbons (Fsp3) is 0.500. The summed E-state index contributed by atoms with van der Waals surface area (Å²) in [5.74, 6) is 1.46. The van der Waals surface area contributed by atoms with Crippen LogP contribution in [0.2, 0.25) is 0 Å². The molecule has 8 heteroatoms. The third kappa shape index (κ3) is 3.75. The van der Waals surface area contributed by atoms with Gasteiger partial charge in [0.15, 0.2) is 0 Å². The van der Waals surface area contributed by atoms with Gasteiger partial charge in [0.25, 0.3) is 0 Å². The van der Waals surface area contributed by atoms with Crippen molar-refractivity contribution >= 4 is 35.1 Å². The zero-order valence-electron chi connectivity index (χ0n) is 13.5. The van der Waals surface area contributed by atoms with E-state index in [1.54, 1.807) is 12.1 Å². The van der Waals surface area contributed by atoms with Gasteiger partial charge in [0, 0.05) is 31.5 Å². The maximum atomic E-state index is 14.5. The molecule has 2 heterocycles. The van der Waals surface area contributed by atoms with Crippen LogP contribution in [0.1, 0.15) is 6.92 Å². The molecule has 2 saturated heterocycles. The Balaban J connectivity index is 1.69. The summed E-state index contributed by atoms with van der Waals surface area (Å²) in [5, 5.41) is 2.62. The third-order valence-electron chi connectivity index (χ3n) is 4.05. The lowest BCUT2D eigenvalue weighted by atomic mass is 10.2. The number of cyclic esters (lactones) is 1. The van der Waals surface area contributed by atoms with Crippen molar-refractivity contribution in [3.8, 4) is 0 Å². The van der Waals surface area contributed by atoms with Gasteiger partial charge in [-0.05, 0) is 18.2 Å². The molecule has 1 N–H and O–H groups in total. The molecule has 0 aliphatic carbocycles. The molecule has 0 unspecified atom stereocenters. The molecular formula is C16H20FN3O3S. The van der Waals surface area contributed by atoms with E-state index < -0.39 is 12.2 Å². The number of nitrogens with one attached hydrogen (secondary N) is 1. The van der Waals surface area contributed by atoms with E-state index in [4.69, 9.17) is 4.74 Å². The molecule has 6 nitrogen and oxygen atoms in total. The quantitative estimate of drug-likeness (QED) is 0.895. The highest BCUT2D eigenvalue weighted by molar-refractivity contribution is 7.99. The Hall–Kier alpha value is -1.96. The van der Waals surface area contributed by atoms with E-state index >= 15 is 0 Å². The van der Waals surface area contributed by atoms with Gasteiger partial charge in [-0.15, -0.1) is 0 Å². The van der Waals surface area contributed by atoms with Crippen LogP contribution in [0.5, 0.6) is 0 Å². The first-order valence-corrected chi connectivity index (χ1v) is 9.05. The summed E-state index contributed by atoms with van der Waals surface area (Å²) in [5.41, 5.74) is 1.04. The number of carbonyl (C=O) groups is 2. The van der Waals surface area contributed by atoms with Gasteiger partial charge in [0.05, 0.1) is 24.5 Å². The molecular weight excluding hydrogens is 333 g/mol. The van der Waals surface area contributed by atoms with Gasteiger partial charge < -0.3 is 15.0 Å². The van der Waals surface area contributed by atoms with Crippen LogP contribution in [0.15, 0.2) is 18.2 Å². The van der Waals surface area contributed by atoms with Crippen molar-refractivity contribution in [2.45, 2.75) is 13.0 Å². The smallest absolute Gasteiger partial charge is 0.414 e. The number of carbonyl (C=O) groups excluding carboxylic acids is 2. The van der Waals surface area contributed by atoms with E-state index in [0.29, 0.717) is 11.4 Å². The summed E-state index contributed by atoms with van der Waals surface area (Å²) in [6.45, 7) is 3.60. The summed E-state index contributed by atoms with van der Waals surface area (Å²) in [4.78, 5) is 26.3. The number of benzene rings is 1. The Morgan fingerprint density at radius 3 is 2.83 bits per heavy atom. The number of nitrogens with zero attached hydrogens (tertiary/aromatic N) is 2. The number of amides is 2. The highest BCUT2D eigenvalue weighted by atomic mass is 32.2. The van der Waals surface area contributed by atoms with Crippen LogP contribution in [0.4, 0.5) is 20.6 Å². The number of ether oxygens (including phenoxy) is 1. The second-order valence-electron chi connectivity index (χ2n) is 5.79. The van der Waals surface area contributed by atoms with Gasteiger partial charge in [0.2, 0.25) is 5.91 Å². The van der Waals surface area contributed by atoms with E-state index in [2.05, 4.69) is 5.32 Å². The zero-order chi connectivity index (χ0) is 17.1. The van der Waals surface area contributed by atoms with Crippen molar-refractivity contribution in [3.05, 3.63) is 24.0 Å². The number of hydrogen-bond acceptors (Lipinski definition) is 5. The highest BCUT2D eigenvalue weighted by Crippen LogP contribution is 2.29. The molecule has 0 radical (unpaired) electrons. The Labute approximate surface area is 144 Å². The predicted octanol–water partition coefficient (Wildman–Crippen LogP) is 1.84. The van der Waals surface area contributed by atoms with Crippen LogP contribution in [-0.4, -0.2) is 55.8 Å². The summed E-state index contributed by atoms with van der Waals surface area (Å²) < 4.78 is 19.7. The number of anilines is 2. The monoisotopic (exact) mass is 353 g/mol. The van der Waals surface area contributed by atoms with E-state index in [-0.39, 0.29) is 24.8 Å². The fourth-order valence-corrected chi connectivity index (χ4v) is 3.72. The maximum Gasteiger partial charge on any atom is 0.414 e. The largest absolute Gasteiger partial charge is 0.442 e. The second kappa shape index (κ2) is 7.29. The normalized spacial score (nSPS) is 20.9. The molecule has 2 amide bonds. The molecule has 2 aliphatic heterocycles. The standard InChI is InChI=1S/C16H20FN3O3S/c1-11(21)18-9-13-10-20(16(22)23-13)12-2-3-15(14(17)8-12)19-4-6-24-7-5-19/h2-3,8,13H,4-7,9-10H2,1H3,(H,18,21)/t13-/m0/s1. The Bertz CT molecular complexity index is 637. The molecule has 3 rings (SSSR count). The molecule has 0 aromatic heterocycles. The minimum Gasteiger partial charge on any atom is -0.442 e. The number of halogens is 1. The summed E-state index contributed by atoms with van der Waals surface area (Å²) in [6.07, 6.45) is -0.949. The lowest BCUT2D eigenvalue weighted by molar-refractivity contribution is -0.119. The molecule has 1 atom stereocenters. The molecule has 0 spiro atoms. The van der Waals surface area contributed by atoms with Crippen molar-refractivity contribution in [1.29, 1.82) is 0 Å². The second-order valence-corrected chi connectivity index (χ2v) is 7.01. The summed E-state index contributed by atoms with van der Waals surface area (Å²) in [6, 6.07) is 4.83. The maximum absolute atomic E-state index is 14.5. The van der Waals surface area contributed by atoms with Gasteiger partial charge in [0.1, 0.15) is 11.9 Å². The highest BCUT2D eigenvalue weighted by Gasteiger charge is 2.32. The molecule has 24 heavy (non-hydrogen) atoms. The molecule has 1 aromatic carbocycles. The van der Waals surface area contributed by atoms with Crippen molar-refractivity contribution in [2.24, 2.45) is 0 Å². The minimum atomic E-state index is -0.521. The summed E-state index contributed by atoms with van der Waals surface area (Å²) in [7, 11) is 0. The van der Waals surface area contributed by atoms with Gasteiger partial charge in [-0.3, -0.25) is 9.69 Å². The van der Waals surface area contributed by atoms with Crippen LogP contribution in [0, 0.1) is 5.82 Å². The lowest BCUT2D eigenvalue weighted by Crippen LogP contribution is -2.34. The van der Waals surface area contributed by atoms with Crippen LogP contribution in [0.3, 0.4) is 0 Å². The lowest BCUT2D eigenvalue weighted by Gasteiger charge is -2.29. The first-order valence-electron chi connectivity index (χ1n) is 7.89. The number of thioether (sulfide) groups is 1. The minimum absolute atomic E-state index is 0.181. The van der Waals surface area contributed by atoms with Crippen LogP contribution in [0.25, 0.3) is 0 Å².